The fourth-order valence-corrected chi connectivity index (χ4v) is 7.30. The first kappa shape index (κ1) is 30.1. The number of hydrogen-bond acceptors (Lipinski definition) is 6. The van der Waals surface area contributed by atoms with E-state index in [0.717, 1.165) is 62.0 Å². The summed E-state index contributed by atoms with van der Waals surface area (Å²) in [5.74, 6) is 3.96. The second-order valence-electron chi connectivity index (χ2n) is 12.2. The average Bonchev–Trinajstić information content (AvgIpc) is 2.98. The summed E-state index contributed by atoms with van der Waals surface area (Å²) in [7, 11) is 0. The minimum Gasteiger partial charge on any atom is -0.478 e. The van der Waals surface area contributed by atoms with Crippen molar-refractivity contribution in [3.8, 4) is 11.5 Å². The van der Waals surface area contributed by atoms with Crippen LogP contribution in [0, 0.1) is 0 Å². The molecule has 2 heterocycles. The Kier molecular flexibility index (Phi) is 11.5. The topological polar surface area (TPSA) is 24.9 Å². The van der Waals surface area contributed by atoms with Gasteiger partial charge >= 0.3 is 0 Å². The van der Waals surface area contributed by atoms with E-state index in [-0.39, 0.29) is 5.41 Å². The number of hydrogen-bond donors (Lipinski definition) is 2. The molecule has 0 unspecified atom stereocenters. The minimum absolute atomic E-state index is 0.0179. The predicted octanol–water partition coefficient (Wildman–Crippen LogP) is 8.22. The minimum atomic E-state index is 0.0179. The molecule has 0 aromatic heterocycles. The number of fused-ring (bicyclic) bond motifs is 2. The first-order valence-corrected chi connectivity index (χ1v) is 17.2. The van der Waals surface area contributed by atoms with Crippen LogP contribution in [-0.2, 0) is 18.5 Å². The second-order valence-corrected chi connectivity index (χ2v) is 13.1. The molecule has 0 radical (unpaired) electrons. The molecule has 6 heteroatoms. The van der Waals surface area contributed by atoms with Gasteiger partial charge in [-0.05, 0) is 72.6 Å². The van der Waals surface area contributed by atoms with Crippen LogP contribution in [0.1, 0.15) is 106 Å². The fourth-order valence-electron chi connectivity index (χ4n) is 7.01. The smallest absolute Gasteiger partial charge is 0.142 e. The predicted molar refractivity (Wildman–Crippen MR) is 173 cm³/mol. The third-order valence-corrected chi connectivity index (χ3v) is 9.92. The molecule has 2 aromatic carbocycles. The van der Waals surface area contributed by atoms with Gasteiger partial charge in [0, 0.05) is 42.7 Å². The van der Waals surface area contributed by atoms with Crippen LogP contribution in [0.2, 0.25) is 0 Å². The Morgan fingerprint density at radius 1 is 0.600 bits per heavy atom. The zero-order valence-corrected chi connectivity index (χ0v) is 26.2. The second kappa shape index (κ2) is 15.2. The van der Waals surface area contributed by atoms with Gasteiger partial charge in [-0.15, -0.1) is 0 Å². The van der Waals surface area contributed by atoms with Crippen molar-refractivity contribution in [3.05, 3.63) is 58.7 Å². The van der Waals surface area contributed by atoms with Crippen molar-refractivity contribution in [2.24, 2.45) is 0 Å². The van der Waals surface area contributed by atoms with E-state index in [1.54, 1.807) is 0 Å². The van der Waals surface area contributed by atoms with E-state index in [0.29, 0.717) is 13.5 Å². The van der Waals surface area contributed by atoms with E-state index in [1.807, 2.05) is 0 Å². The van der Waals surface area contributed by atoms with Gasteiger partial charge in [-0.3, -0.25) is 9.80 Å². The molecule has 1 aliphatic carbocycles. The zero-order chi connectivity index (χ0) is 27.6. The van der Waals surface area contributed by atoms with Crippen LogP contribution in [0.4, 0.5) is 0 Å². The Labute approximate surface area is 254 Å². The van der Waals surface area contributed by atoms with Gasteiger partial charge < -0.3 is 9.47 Å². The Morgan fingerprint density at radius 3 is 1.45 bits per heavy atom. The van der Waals surface area contributed by atoms with Crippen LogP contribution in [0.25, 0.3) is 0 Å². The average molecular weight is 583 g/mol. The van der Waals surface area contributed by atoms with Crippen LogP contribution >= 0.6 is 25.3 Å². The summed E-state index contributed by atoms with van der Waals surface area (Å²) in [5, 5.41) is 0. The van der Waals surface area contributed by atoms with Crippen molar-refractivity contribution in [3.63, 3.8) is 0 Å². The molecule has 0 saturated heterocycles. The molecule has 0 bridgehead atoms. The lowest BCUT2D eigenvalue weighted by molar-refractivity contribution is 0.0955. The van der Waals surface area contributed by atoms with Gasteiger partial charge in [0.15, 0.2) is 0 Å². The SMILES string of the molecule is SCCCN1COc2ccc(C3(c4ccc5c(c4)CN(CCCS)CO5)CCCCCCCCCCC3)cc2C1. The standard InChI is InChI=1S/C34H50N2O2S2/c39-20-10-18-35-24-28-22-30(12-14-32(28)37-26-35)34(16-8-6-4-2-1-3-5-7-9-17-34)31-13-15-33-29(23-31)25-36(27-38-33)19-11-21-40/h12-15,22-23,39-40H,1-11,16-21,24-27H2. The number of benzene rings is 2. The van der Waals surface area contributed by atoms with Gasteiger partial charge in [0.1, 0.15) is 25.0 Å². The fraction of sp³-hybridized carbons (Fsp3) is 0.647. The summed E-state index contributed by atoms with van der Waals surface area (Å²) >= 11 is 8.87. The van der Waals surface area contributed by atoms with Gasteiger partial charge in [-0.2, -0.15) is 25.3 Å². The van der Waals surface area contributed by atoms with E-state index in [2.05, 4.69) is 71.5 Å². The molecule has 0 spiro atoms. The number of thiol groups is 2. The third-order valence-electron chi connectivity index (χ3n) is 9.29. The van der Waals surface area contributed by atoms with E-state index >= 15 is 0 Å². The van der Waals surface area contributed by atoms with E-state index in [9.17, 15) is 0 Å². The molecule has 2 aromatic rings. The quantitative estimate of drug-likeness (QED) is 0.306. The number of rotatable bonds is 8. The first-order valence-electron chi connectivity index (χ1n) is 15.9. The summed E-state index contributed by atoms with van der Waals surface area (Å²) < 4.78 is 12.4. The van der Waals surface area contributed by atoms with Gasteiger partial charge in [0.2, 0.25) is 0 Å². The highest BCUT2D eigenvalue weighted by atomic mass is 32.1. The van der Waals surface area contributed by atoms with Crippen molar-refractivity contribution in [1.29, 1.82) is 0 Å². The molecule has 0 atom stereocenters. The molecular weight excluding hydrogens is 533 g/mol. The van der Waals surface area contributed by atoms with Crippen LogP contribution in [0.15, 0.2) is 36.4 Å². The number of nitrogens with zero attached hydrogens (tertiary/aromatic N) is 2. The third kappa shape index (κ3) is 7.53. The summed E-state index contributed by atoms with van der Waals surface area (Å²) in [6.45, 7) is 5.36. The van der Waals surface area contributed by atoms with Crippen LogP contribution < -0.4 is 9.47 Å². The molecular formula is C34H50N2O2S2. The Hall–Kier alpha value is -1.34. The van der Waals surface area contributed by atoms with Crippen molar-refractivity contribution in [1.82, 2.24) is 9.80 Å². The summed E-state index contributed by atoms with van der Waals surface area (Å²) in [4.78, 5) is 4.84. The van der Waals surface area contributed by atoms with Crippen LogP contribution in [-0.4, -0.2) is 47.9 Å². The van der Waals surface area contributed by atoms with Crippen LogP contribution in [0.5, 0.6) is 11.5 Å². The Balaban J connectivity index is 1.50. The highest BCUT2D eigenvalue weighted by molar-refractivity contribution is 7.80. The maximum absolute atomic E-state index is 6.22. The maximum atomic E-state index is 6.22. The van der Waals surface area contributed by atoms with Gasteiger partial charge in [0.05, 0.1) is 0 Å². The van der Waals surface area contributed by atoms with Crippen molar-refractivity contribution >= 4 is 25.3 Å². The van der Waals surface area contributed by atoms with E-state index < -0.39 is 0 Å². The Bertz CT molecular complexity index is 994. The van der Waals surface area contributed by atoms with Crippen molar-refractivity contribution in [2.45, 2.75) is 102 Å². The molecule has 40 heavy (non-hydrogen) atoms. The van der Waals surface area contributed by atoms with Crippen LogP contribution in [0.3, 0.4) is 0 Å². The Morgan fingerprint density at radius 2 is 1.02 bits per heavy atom. The largest absolute Gasteiger partial charge is 0.478 e. The first-order chi connectivity index (χ1) is 19.7. The number of ether oxygens (including phenoxy) is 2. The van der Waals surface area contributed by atoms with Gasteiger partial charge in [0.25, 0.3) is 0 Å². The zero-order valence-electron chi connectivity index (χ0n) is 24.4. The summed E-state index contributed by atoms with van der Waals surface area (Å²) in [6.07, 6.45) is 16.8. The van der Waals surface area contributed by atoms with Crippen molar-refractivity contribution in [2.75, 3.05) is 38.1 Å². The lowest BCUT2D eigenvalue weighted by Crippen LogP contribution is -2.35. The lowest BCUT2D eigenvalue weighted by Gasteiger charge is -2.39. The molecule has 1 saturated carbocycles. The highest BCUT2D eigenvalue weighted by Crippen LogP contribution is 2.45. The molecule has 220 valence electrons. The molecule has 4 nitrogen and oxygen atoms in total. The van der Waals surface area contributed by atoms with E-state index in [4.69, 9.17) is 9.47 Å². The monoisotopic (exact) mass is 582 g/mol. The molecule has 1 fully saturated rings. The lowest BCUT2D eigenvalue weighted by atomic mass is 9.67. The molecule has 3 aliphatic rings. The molecule has 0 N–H and O–H groups in total. The molecule has 0 amide bonds. The van der Waals surface area contributed by atoms with Gasteiger partial charge in [-0.1, -0.05) is 69.9 Å². The summed E-state index contributed by atoms with van der Waals surface area (Å²) in [5.41, 5.74) is 5.66. The molecule has 5 rings (SSSR count). The summed E-state index contributed by atoms with van der Waals surface area (Å²) in [6, 6.07) is 14.3. The van der Waals surface area contributed by atoms with Crippen molar-refractivity contribution < 1.29 is 9.47 Å². The normalized spacial score (nSPS) is 20.8. The maximum Gasteiger partial charge on any atom is 0.142 e. The van der Waals surface area contributed by atoms with Gasteiger partial charge in [-0.25, -0.2) is 0 Å². The van der Waals surface area contributed by atoms with E-state index in [1.165, 1.54) is 92.9 Å². The molecule has 2 aliphatic heterocycles. The highest BCUT2D eigenvalue weighted by Gasteiger charge is 2.35.